The summed E-state index contributed by atoms with van der Waals surface area (Å²) in [5.74, 6) is -1.27. The number of nitrogens with zero attached hydrogens (tertiary/aromatic N) is 4. The van der Waals surface area contributed by atoms with Crippen LogP contribution in [-0.2, 0) is 15.3 Å². The van der Waals surface area contributed by atoms with E-state index in [0.717, 1.165) is 12.4 Å². The predicted octanol–water partition coefficient (Wildman–Crippen LogP) is 3.12. The standard InChI is InChI=1S/C22H25F3N6O3S/c1-21(2)20(26)31-22(3,16-6-7-29-35(16,21)33)13-8-12(4-5-14(13)23)30-19(32)15-9-28-18(10-27-15)34-11-17(24)25/h4-5,8-10,16-17H,6-7,11H2,1-3H3,(H2,26,31)(H,30,32)/t16-,22+,35+/m0/s1. The van der Waals surface area contributed by atoms with Crippen LogP contribution in [0.3, 0.4) is 0 Å². The second-order valence-electron chi connectivity index (χ2n) is 8.94. The predicted molar refractivity (Wildman–Crippen MR) is 125 cm³/mol. The third-order valence-electron chi connectivity index (χ3n) is 6.38. The molecule has 0 radical (unpaired) electrons. The van der Waals surface area contributed by atoms with Crippen LogP contribution in [-0.4, -0.2) is 55.5 Å². The lowest BCUT2D eigenvalue weighted by Crippen LogP contribution is -2.58. The Morgan fingerprint density at radius 1 is 1.29 bits per heavy atom. The number of amidine groups is 1. The average molecular weight is 511 g/mol. The van der Waals surface area contributed by atoms with Crippen LogP contribution in [0.5, 0.6) is 5.88 Å². The van der Waals surface area contributed by atoms with Crippen molar-refractivity contribution in [2.24, 2.45) is 15.1 Å². The largest absolute Gasteiger partial charge is 0.470 e. The molecular formula is C22H25F3N6O3S. The van der Waals surface area contributed by atoms with Crippen molar-refractivity contribution >= 4 is 27.2 Å². The zero-order valence-corrected chi connectivity index (χ0v) is 20.1. The highest BCUT2D eigenvalue weighted by Gasteiger charge is 2.56. The van der Waals surface area contributed by atoms with Crippen molar-refractivity contribution in [2.75, 3.05) is 18.5 Å². The summed E-state index contributed by atoms with van der Waals surface area (Å²) in [6, 6.07) is 3.97. The number of ether oxygens (including phenoxy) is 1. The normalized spacial score (nSPS) is 27.1. The molecule has 3 atom stereocenters. The monoisotopic (exact) mass is 510 g/mol. The first-order valence-corrected chi connectivity index (χ1v) is 12.4. The summed E-state index contributed by atoms with van der Waals surface area (Å²) < 4.78 is 61.7. The smallest absolute Gasteiger partial charge is 0.275 e. The van der Waals surface area contributed by atoms with Gasteiger partial charge in [0.25, 0.3) is 12.3 Å². The number of halogens is 3. The summed E-state index contributed by atoms with van der Waals surface area (Å²) in [5.41, 5.74) is 5.22. The molecule has 4 rings (SSSR count). The Morgan fingerprint density at radius 3 is 2.69 bits per heavy atom. The van der Waals surface area contributed by atoms with Crippen LogP contribution < -0.4 is 15.8 Å². The van der Waals surface area contributed by atoms with Gasteiger partial charge in [0, 0.05) is 17.8 Å². The van der Waals surface area contributed by atoms with E-state index in [1.165, 1.54) is 18.2 Å². The molecule has 0 saturated heterocycles. The number of carbonyl (C=O) groups is 1. The van der Waals surface area contributed by atoms with Crippen molar-refractivity contribution in [1.29, 1.82) is 0 Å². The lowest BCUT2D eigenvalue weighted by Gasteiger charge is -2.44. The van der Waals surface area contributed by atoms with E-state index in [1.807, 2.05) is 0 Å². The summed E-state index contributed by atoms with van der Waals surface area (Å²) >= 11 is 0. The van der Waals surface area contributed by atoms with Gasteiger partial charge in [-0.1, -0.05) is 0 Å². The Kier molecular flexibility index (Phi) is 6.24. The molecule has 3 heterocycles. The van der Waals surface area contributed by atoms with E-state index < -0.39 is 50.0 Å². The Labute approximate surface area is 200 Å². The summed E-state index contributed by atoms with van der Waals surface area (Å²) in [5, 5.41) is 2.04. The van der Waals surface area contributed by atoms with Crippen LogP contribution in [0.1, 0.15) is 43.2 Å². The number of hydrogen-bond acceptors (Lipinski definition) is 8. The molecule has 0 fully saturated rings. The van der Waals surface area contributed by atoms with Gasteiger partial charge in [0.2, 0.25) is 5.88 Å². The third-order valence-corrected chi connectivity index (χ3v) is 10.1. The van der Waals surface area contributed by atoms with E-state index in [1.54, 1.807) is 20.8 Å². The SMILES string of the molecule is CC1(C)C(N)=N[C@](C)(c2cc(NC(=O)c3cnc(OCC(F)F)cn3)ccc2F)[C@@H]2CCN=[S@@]21=O. The third kappa shape index (κ3) is 4.21. The van der Waals surface area contributed by atoms with Crippen LogP contribution in [0.4, 0.5) is 18.9 Å². The van der Waals surface area contributed by atoms with Crippen molar-refractivity contribution in [2.45, 2.75) is 49.2 Å². The highest BCUT2D eigenvalue weighted by molar-refractivity contribution is 7.96. The maximum Gasteiger partial charge on any atom is 0.275 e. The Bertz CT molecular complexity index is 1310. The van der Waals surface area contributed by atoms with E-state index in [-0.39, 0.29) is 28.7 Å². The van der Waals surface area contributed by atoms with E-state index in [0.29, 0.717) is 13.0 Å². The zero-order chi connectivity index (χ0) is 25.6. The molecule has 2 aromatic rings. The van der Waals surface area contributed by atoms with Crippen LogP contribution in [0, 0.1) is 5.82 Å². The number of rotatable bonds is 6. The highest BCUT2D eigenvalue weighted by Crippen LogP contribution is 2.48. The molecule has 0 bridgehead atoms. The Morgan fingerprint density at radius 2 is 2.03 bits per heavy atom. The molecule has 2 aliphatic heterocycles. The zero-order valence-electron chi connectivity index (χ0n) is 19.3. The number of amides is 1. The molecule has 9 nitrogen and oxygen atoms in total. The topological polar surface area (TPSA) is 132 Å². The van der Waals surface area contributed by atoms with Gasteiger partial charge in [0.1, 0.15) is 27.6 Å². The first kappa shape index (κ1) is 24.9. The molecular weight excluding hydrogens is 485 g/mol. The van der Waals surface area contributed by atoms with Crippen molar-refractivity contribution in [1.82, 2.24) is 9.97 Å². The summed E-state index contributed by atoms with van der Waals surface area (Å²) in [4.78, 5) is 24.9. The number of benzene rings is 1. The molecule has 0 spiro atoms. The molecule has 35 heavy (non-hydrogen) atoms. The maximum atomic E-state index is 15.1. The van der Waals surface area contributed by atoms with Gasteiger partial charge in [-0.2, -0.15) is 0 Å². The maximum absolute atomic E-state index is 15.1. The first-order chi connectivity index (χ1) is 16.4. The number of nitrogens with one attached hydrogen (secondary N) is 1. The quantitative estimate of drug-likeness (QED) is 0.614. The van der Waals surface area contributed by atoms with Gasteiger partial charge in [-0.3, -0.25) is 9.79 Å². The summed E-state index contributed by atoms with van der Waals surface area (Å²) in [6.45, 7) is 4.65. The van der Waals surface area contributed by atoms with Crippen LogP contribution in [0.15, 0.2) is 39.9 Å². The summed E-state index contributed by atoms with van der Waals surface area (Å²) in [7, 11) is -2.85. The molecule has 0 unspecified atom stereocenters. The fourth-order valence-corrected chi connectivity index (χ4v) is 7.51. The molecule has 1 amide bonds. The number of nitrogens with two attached hydrogens (primary N) is 1. The molecule has 13 heteroatoms. The molecule has 0 aliphatic carbocycles. The Hall–Kier alpha value is -3.22. The number of anilines is 1. The second kappa shape index (κ2) is 8.77. The highest BCUT2D eigenvalue weighted by atomic mass is 32.2. The van der Waals surface area contributed by atoms with Crippen molar-refractivity contribution in [3.05, 3.63) is 47.7 Å². The lowest BCUT2D eigenvalue weighted by atomic mass is 9.85. The lowest BCUT2D eigenvalue weighted by molar-refractivity contribution is 0.0792. The number of fused-ring (bicyclic) bond motifs is 1. The van der Waals surface area contributed by atoms with Gasteiger partial charge < -0.3 is 15.8 Å². The van der Waals surface area contributed by atoms with Crippen molar-refractivity contribution < 1.29 is 26.9 Å². The van der Waals surface area contributed by atoms with Gasteiger partial charge in [0.15, 0.2) is 6.61 Å². The molecule has 3 N–H and O–H groups in total. The van der Waals surface area contributed by atoms with Gasteiger partial charge in [0.05, 0.1) is 27.4 Å². The van der Waals surface area contributed by atoms with Gasteiger partial charge in [-0.25, -0.2) is 31.7 Å². The van der Waals surface area contributed by atoms with E-state index in [2.05, 4.69) is 24.6 Å². The number of aromatic nitrogens is 2. The van der Waals surface area contributed by atoms with Crippen LogP contribution in [0.25, 0.3) is 0 Å². The van der Waals surface area contributed by atoms with Crippen molar-refractivity contribution in [3.8, 4) is 5.88 Å². The fourth-order valence-electron chi connectivity index (χ4n) is 4.35. The number of carbonyl (C=O) groups excluding carboxylic acids is 1. The molecule has 0 saturated carbocycles. The second-order valence-corrected chi connectivity index (χ2v) is 11.9. The average Bonchev–Trinajstić information content (AvgIpc) is 3.23. The number of aliphatic imine (C=N–C) groups is 1. The number of alkyl halides is 2. The molecule has 2 aliphatic rings. The fraction of sp³-hybridized carbons (Fsp3) is 0.455. The van der Waals surface area contributed by atoms with E-state index in [9.17, 15) is 17.8 Å². The minimum Gasteiger partial charge on any atom is -0.470 e. The number of hydrogen-bond donors (Lipinski definition) is 2. The minimum atomic E-state index is -2.85. The molecule has 188 valence electrons. The molecule has 1 aromatic heterocycles. The van der Waals surface area contributed by atoms with Crippen LogP contribution >= 0.6 is 0 Å². The van der Waals surface area contributed by atoms with Crippen LogP contribution in [0.2, 0.25) is 0 Å². The minimum absolute atomic E-state index is 0.106. The van der Waals surface area contributed by atoms with Gasteiger partial charge >= 0.3 is 0 Å². The van der Waals surface area contributed by atoms with E-state index in [4.69, 9.17) is 10.5 Å². The molecule has 1 aromatic carbocycles. The summed E-state index contributed by atoms with van der Waals surface area (Å²) in [6.07, 6.45) is -0.0852. The first-order valence-electron chi connectivity index (χ1n) is 10.8. The van der Waals surface area contributed by atoms with Gasteiger partial charge in [-0.05, 0) is 45.4 Å². The van der Waals surface area contributed by atoms with Crippen molar-refractivity contribution in [3.63, 3.8) is 0 Å². The Balaban J connectivity index is 1.63. The van der Waals surface area contributed by atoms with Gasteiger partial charge in [-0.15, -0.1) is 0 Å². The van der Waals surface area contributed by atoms with E-state index >= 15 is 4.39 Å².